The Morgan fingerprint density at radius 3 is 2.70 bits per heavy atom. The van der Waals surface area contributed by atoms with E-state index in [-0.39, 0.29) is 30.1 Å². The number of aromatic nitrogens is 2. The SMILES string of the molecule is CC[C@@H]1CC[C@H](C(=O)N[C@H](c2nc(C)no2)C2CCOCC2)O1. The molecule has 0 bridgehead atoms. The van der Waals surface area contributed by atoms with Gasteiger partial charge in [-0.15, -0.1) is 0 Å². The zero-order valence-corrected chi connectivity index (χ0v) is 13.8. The molecule has 0 unspecified atom stereocenters. The summed E-state index contributed by atoms with van der Waals surface area (Å²) in [4.78, 5) is 16.9. The maximum atomic E-state index is 12.6. The Labute approximate surface area is 136 Å². The van der Waals surface area contributed by atoms with Gasteiger partial charge in [-0.1, -0.05) is 12.1 Å². The molecule has 3 atom stereocenters. The van der Waals surface area contributed by atoms with E-state index in [2.05, 4.69) is 22.4 Å². The minimum absolute atomic E-state index is 0.0757. The summed E-state index contributed by atoms with van der Waals surface area (Å²) < 4.78 is 16.5. The summed E-state index contributed by atoms with van der Waals surface area (Å²) in [7, 11) is 0. The van der Waals surface area contributed by atoms with E-state index in [9.17, 15) is 4.79 Å². The van der Waals surface area contributed by atoms with Crippen LogP contribution in [-0.4, -0.2) is 41.5 Å². The van der Waals surface area contributed by atoms with Gasteiger partial charge in [0.2, 0.25) is 11.8 Å². The van der Waals surface area contributed by atoms with E-state index < -0.39 is 0 Å². The van der Waals surface area contributed by atoms with Gasteiger partial charge in [-0.3, -0.25) is 4.79 Å². The summed E-state index contributed by atoms with van der Waals surface area (Å²) in [5, 5.41) is 6.95. The fraction of sp³-hybridized carbons (Fsp3) is 0.812. The summed E-state index contributed by atoms with van der Waals surface area (Å²) in [5.74, 6) is 1.23. The number of nitrogens with zero attached hydrogens (tertiary/aromatic N) is 2. The number of rotatable bonds is 5. The molecule has 23 heavy (non-hydrogen) atoms. The second-order valence-electron chi connectivity index (χ2n) is 6.35. The highest BCUT2D eigenvalue weighted by atomic mass is 16.5. The molecular weight excluding hydrogens is 298 g/mol. The van der Waals surface area contributed by atoms with Crippen LogP contribution in [0.25, 0.3) is 0 Å². The van der Waals surface area contributed by atoms with E-state index in [1.807, 2.05) is 0 Å². The molecule has 3 rings (SSSR count). The van der Waals surface area contributed by atoms with E-state index in [0.717, 1.165) is 32.1 Å². The molecule has 0 spiro atoms. The van der Waals surface area contributed by atoms with Crippen LogP contribution in [0.1, 0.15) is 56.8 Å². The minimum atomic E-state index is -0.369. The highest BCUT2D eigenvalue weighted by molar-refractivity contribution is 5.81. The Balaban J connectivity index is 1.69. The van der Waals surface area contributed by atoms with E-state index in [1.54, 1.807) is 6.92 Å². The zero-order chi connectivity index (χ0) is 16.2. The number of hydrogen-bond acceptors (Lipinski definition) is 6. The Hall–Kier alpha value is -1.47. The molecule has 2 saturated heterocycles. The molecule has 1 amide bonds. The highest BCUT2D eigenvalue weighted by Gasteiger charge is 2.35. The Morgan fingerprint density at radius 1 is 1.30 bits per heavy atom. The fourth-order valence-electron chi connectivity index (χ4n) is 3.31. The first-order valence-electron chi connectivity index (χ1n) is 8.51. The average Bonchev–Trinajstić information content (AvgIpc) is 3.22. The summed E-state index contributed by atoms with van der Waals surface area (Å²) in [6, 6.07) is -0.267. The van der Waals surface area contributed by atoms with Crippen LogP contribution in [0.5, 0.6) is 0 Å². The Bertz CT molecular complexity index is 527. The lowest BCUT2D eigenvalue weighted by molar-refractivity contribution is -0.133. The molecule has 2 aliphatic heterocycles. The van der Waals surface area contributed by atoms with Crippen molar-refractivity contribution in [2.45, 2.75) is 64.2 Å². The fourth-order valence-corrected chi connectivity index (χ4v) is 3.31. The smallest absolute Gasteiger partial charge is 0.249 e. The number of hydrogen-bond donors (Lipinski definition) is 1. The third-order valence-corrected chi connectivity index (χ3v) is 4.70. The molecule has 1 aromatic rings. The van der Waals surface area contributed by atoms with Crippen LogP contribution in [0.3, 0.4) is 0 Å². The van der Waals surface area contributed by atoms with Crippen molar-refractivity contribution in [1.29, 1.82) is 0 Å². The highest BCUT2D eigenvalue weighted by Crippen LogP contribution is 2.30. The third kappa shape index (κ3) is 3.90. The van der Waals surface area contributed by atoms with Gasteiger partial charge >= 0.3 is 0 Å². The molecule has 1 aromatic heterocycles. The van der Waals surface area contributed by atoms with Gasteiger partial charge in [-0.05, 0) is 44.9 Å². The lowest BCUT2D eigenvalue weighted by atomic mass is 9.91. The van der Waals surface area contributed by atoms with Crippen LogP contribution >= 0.6 is 0 Å². The van der Waals surface area contributed by atoms with Gasteiger partial charge < -0.3 is 19.3 Å². The molecule has 0 saturated carbocycles. The molecule has 0 aromatic carbocycles. The molecular formula is C16H25N3O4. The average molecular weight is 323 g/mol. The van der Waals surface area contributed by atoms with E-state index in [4.69, 9.17) is 14.0 Å². The van der Waals surface area contributed by atoms with Crippen molar-refractivity contribution in [3.63, 3.8) is 0 Å². The molecule has 7 nitrogen and oxygen atoms in total. The minimum Gasteiger partial charge on any atom is -0.381 e. The number of carbonyl (C=O) groups is 1. The number of aryl methyl sites for hydroxylation is 1. The van der Waals surface area contributed by atoms with Gasteiger partial charge in [0.15, 0.2) is 5.82 Å². The summed E-state index contributed by atoms with van der Waals surface area (Å²) in [6.45, 7) is 5.25. The molecule has 7 heteroatoms. The molecule has 0 radical (unpaired) electrons. The number of carbonyl (C=O) groups excluding carboxylic acids is 1. The number of nitrogens with one attached hydrogen (secondary N) is 1. The Morgan fingerprint density at radius 2 is 2.09 bits per heavy atom. The number of ether oxygens (including phenoxy) is 2. The predicted octanol–water partition coefficient (Wildman–Crippen LogP) is 1.92. The maximum absolute atomic E-state index is 12.6. The molecule has 1 N–H and O–H groups in total. The van der Waals surface area contributed by atoms with Gasteiger partial charge in [0.1, 0.15) is 12.1 Å². The molecule has 128 valence electrons. The maximum Gasteiger partial charge on any atom is 0.249 e. The topological polar surface area (TPSA) is 86.5 Å². The standard InChI is InChI=1S/C16H25N3O4/c1-3-12-4-5-13(22-12)15(20)18-14(11-6-8-21-9-7-11)16-17-10(2)19-23-16/h11-14H,3-9H2,1-2H3,(H,18,20)/t12-,13-,14+/m1/s1. The van der Waals surface area contributed by atoms with Crippen LogP contribution in [0.4, 0.5) is 0 Å². The van der Waals surface area contributed by atoms with Crippen molar-refractivity contribution in [3.05, 3.63) is 11.7 Å². The lowest BCUT2D eigenvalue weighted by Crippen LogP contribution is -2.41. The van der Waals surface area contributed by atoms with Crippen molar-refractivity contribution in [3.8, 4) is 0 Å². The summed E-state index contributed by atoms with van der Waals surface area (Å²) in [5.41, 5.74) is 0. The predicted molar refractivity (Wildman–Crippen MR) is 81.6 cm³/mol. The van der Waals surface area contributed by atoms with Gasteiger partial charge in [-0.25, -0.2) is 0 Å². The second kappa shape index (κ2) is 7.40. The first kappa shape index (κ1) is 16.4. The third-order valence-electron chi connectivity index (χ3n) is 4.70. The first-order chi connectivity index (χ1) is 11.2. The van der Waals surface area contributed by atoms with Crippen molar-refractivity contribution in [1.82, 2.24) is 15.5 Å². The number of amides is 1. The zero-order valence-electron chi connectivity index (χ0n) is 13.8. The normalized spacial score (nSPS) is 27.0. The van der Waals surface area contributed by atoms with E-state index >= 15 is 0 Å². The largest absolute Gasteiger partial charge is 0.381 e. The van der Waals surface area contributed by atoms with Crippen molar-refractivity contribution >= 4 is 5.91 Å². The molecule has 0 aliphatic carbocycles. The van der Waals surface area contributed by atoms with E-state index in [0.29, 0.717) is 24.9 Å². The molecule has 2 fully saturated rings. The molecule has 3 heterocycles. The van der Waals surface area contributed by atoms with Crippen LogP contribution in [0.2, 0.25) is 0 Å². The van der Waals surface area contributed by atoms with Crippen molar-refractivity contribution in [2.24, 2.45) is 5.92 Å². The van der Waals surface area contributed by atoms with Crippen LogP contribution in [-0.2, 0) is 14.3 Å². The molecule has 2 aliphatic rings. The van der Waals surface area contributed by atoms with Gasteiger partial charge in [0, 0.05) is 13.2 Å². The summed E-state index contributed by atoms with van der Waals surface area (Å²) >= 11 is 0. The van der Waals surface area contributed by atoms with Crippen LogP contribution < -0.4 is 5.32 Å². The van der Waals surface area contributed by atoms with Gasteiger partial charge in [0.05, 0.1) is 6.10 Å². The second-order valence-corrected chi connectivity index (χ2v) is 6.35. The quantitative estimate of drug-likeness (QED) is 0.891. The summed E-state index contributed by atoms with van der Waals surface area (Å²) in [6.07, 6.45) is 4.22. The van der Waals surface area contributed by atoms with Crippen molar-refractivity contribution < 1.29 is 18.8 Å². The monoisotopic (exact) mass is 323 g/mol. The van der Waals surface area contributed by atoms with Crippen molar-refractivity contribution in [2.75, 3.05) is 13.2 Å². The van der Waals surface area contributed by atoms with Crippen LogP contribution in [0, 0.1) is 12.8 Å². The van der Waals surface area contributed by atoms with E-state index in [1.165, 1.54) is 0 Å². The van der Waals surface area contributed by atoms with Gasteiger partial charge in [0.25, 0.3) is 0 Å². The Kier molecular flexibility index (Phi) is 5.27. The lowest BCUT2D eigenvalue weighted by Gasteiger charge is -2.29. The van der Waals surface area contributed by atoms with Crippen LogP contribution in [0.15, 0.2) is 4.52 Å². The van der Waals surface area contributed by atoms with Gasteiger partial charge in [-0.2, -0.15) is 4.98 Å². The first-order valence-corrected chi connectivity index (χ1v) is 8.51.